The lowest BCUT2D eigenvalue weighted by molar-refractivity contribution is -0.494. The minimum absolute atomic E-state index is 0.415. The Morgan fingerprint density at radius 3 is 1.35 bits per heavy atom. The zero-order valence-corrected chi connectivity index (χ0v) is 9.17. The smallest absolute Gasteiger partial charge is 0.336 e. The zero-order chi connectivity index (χ0) is 14.1. The molecule has 104 valence electrons. The second-order valence-electron chi connectivity index (χ2n) is 3.51. The van der Waals surface area contributed by atoms with Crippen molar-refractivity contribution in [2.75, 3.05) is 6.61 Å². The van der Waals surface area contributed by atoms with Gasteiger partial charge >= 0.3 is 18.1 Å². The van der Waals surface area contributed by atoms with Gasteiger partial charge in [-0.15, -0.1) is 0 Å². The Hall–Kier alpha value is -0.570. The maximum absolute atomic E-state index is 13.0. The highest BCUT2D eigenvalue weighted by Crippen LogP contribution is 2.48. The average molecular weight is 272 g/mol. The normalized spacial score (nSPS) is 15.2. The molecule has 0 atom stereocenters. The summed E-state index contributed by atoms with van der Waals surface area (Å²) >= 11 is 0. The van der Waals surface area contributed by atoms with Crippen LogP contribution >= 0.6 is 0 Å². The van der Waals surface area contributed by atoms with Crippen molar-refractivity contribution in [2.45, 2.75) is 44.8 Å². The first-order chi connectivity index (χ1) is 7.27. The van der Waals surface area contributed by atoms with E-state index in [0.717, 1.165) is 6.92 Å². The van der Waals surface area contributed by atoms with Crippen LogP contribution in [0, 0.1) is 0 Å². The summed E-state index contributed by atoms with van der Waals surface area (Å²) in [6, 6.07) is 0. The first kappa shape index (κ1) is 16.4. The standard InChI is InChI=1S/C8H11F7O2/c1-4-16-6(7(10,11)12,8(13,14)15)17-5(2,3)9/h4H2,1-3H3. The van der Waals surface area contributed by atoms with Crippen molar-refractivity contribution in [1.82, 2.24) is 0 Å². The lowest BCUT2D eigenvalue weighted by atomic mass is 10.2. The van der Waals surface area contributed by atoms with Gasteiger partial charge in [0, 0.05) is 6.61 Å². The van der Waals surface area contributed by atoms with E-state index in [1.807, 2.05) is 0 Å². The van der Waals surface area contributed by atoms with Crippen LogP contribution in [0.25, 0.3) is 0 Å². The fourth-order valence-electron chi connectivity index (χ4n) is 1.01. The zero-order valence-electron chi connectivity index (χ0n) is 9.17. The van der Waals surface area contributed by atoms with Crippen molar-refractivity contribution >= 4 is 0 Å². The number of ether oxygens (including phenoxy) is 2. The molecule has 0 spiro atoms. The SMILES string of the molecule is CCOC(OC(C)(C)F)(C(F)(F)F)C(F)(F)F. The summed E-state index contributed by atoms with van der Waals surface area (Å²) in [5.74, 6) is -8.13. The van der Waals surface area contributed by atoms with Gasteiger partial charge in [-0.3, -0.25) is 4.74 Å². The molecule has 0 aliphatic carbocycles. The maximum atomic E-state index is 13.0. The molecule has 0 aromatic carbocycles. The minimum atomic E-state index is -5.95. The second-order valence-corrected chi connectivity index (χ2v) is 3.51. The van der Waals surface area contributed by atoms with Gasteiger partial charge in [-0.2, -0.15) is 26.3 Å². The minimum Gasteiger partial charge on any atom is -0.336 e. The van der Waals surface area contributed by atoms with E-state index in [0.29, 0.717) is 13.8 Å². The molecule has 0 saturated carbocycles. The Morgan fingerprint density at radius 1 is 0.824 bits per heavy atom. The van der Waals surface area contributed by atoms with Crippen LogP contribution in [0.15, 0.2) is 0 Å². The van der Waals surface area contributed by atoms with Crippen LogP contribution in [-0.4, -0.2) is 30.6 Å². The van der Waals surface area contributed by atoms with Crippen molar-refractivity contribution in [3.63, 3.8) is 0 Å². The summed E-state index contributed by atoms with van der Waals surface area (Å²) in [6.07, 6.45) is -11.9. The summed E-state index contributed by atoms with van der Waals surface area (Å²) in [4.78, 5) is 0. The Balaban J connectivity index is 5.59. The van der Waals surface area contributed by atoms with E-state index < -0.39 is 30.6 Å². The number of hydrogen-bond acceptors (Lipinski definition) is 2. The summed E-state index contributed by atoms with van der Waals surface area (Å²) < 4.78 is 94.8. The van der Waals surface area contributed by atoms with E-state index in [4.69, 9.17) is 0 Å². The molecule has 2 nitrogen and oxygen atoms in total. The summed E-state index contributed by atoms with van der Waals surface area (Å²) in [7, 11) is 0. The summed E-state index contributed by atoms with van der Waals surface area (Å²) in [6.45, 7) is 0.784. The predicted octanol–water partition coefficient (Wildman–Crippen LogP) is 3.57. The van der Waals surface area contributed by atoms with Crippen molar-refractivity contribution in [3.05, 3.63) is 0 Å². The molecular formula is C8H11F7O2. The quantitative estimate of drug-likeness (QED) is 0.575. The fourth-order valence-corrected chi connectivity index (χ4v) is 1.01. The number of halogens is 7. The number of rotatable bonds is 4. The number of alkyl halides is 7. The Morgan fingerprint density at radius 2 is 1.18 bits per heavy atom. The highest BCUT2D eigenvalue weighted by atomic mass is 19.4. The molecule has 17 heavy (non-hydrogen) atoms. The Kier molecular flexibility index (Phi) is 4.45. The van der Waals surface area contributed by atoms with Gasteiger partial charge in [0.1, 0.15) is 0 Å². The molecule has 9 heteroatoms. The third-order valence-electron chi connectivity index (χ3n) is 1.48. The predicted molar refractivity (Wildman–Crippen MR) is 42.7 cm³/mol. The third kappa shape index (κ3) is 3.70. The lowest BCUT2D eigenvalue weighted by Crippen LogP contribution is -2.62. The van der Waals surface area contributed by atoms with E-state index >= 15 is 0 Å². The molecule has 0 aliphatic rings. The molecule has 0 bridgehead atoms. The fraction of sp³-hybridized carbons (Fsp3) is 1.00. The van der Waals surface area contributed by atoms with Crippen molar-refractivity contribution in [2.24, 2.45) is 0 Å². The van der Waals surface area contributed by atoms with Gasteiger partial charge in [0.25, 0.3) is 0 Å². The van der Waals surface area contributed by atoms with Crippen molar-refractivity contribution < 1.29 is 40.2 Å². The van der Waals surface area contributed by atoms with Gasteiger partial charge in [0.15, 0.2) is 0 Å². The largest absolute Gasteiger partial charge is 0.453 e. The van der Waals surface area contributed by atoms with E-state index in [2.05, 4.69) is 9.47 Å². The number of hydrogen-bond donors (Lipinski definition) is 0. The first-order valence-electron chi connectivity index (χ1n) is 4.43. The molecule has 0 amide bonds. The van der Waals surface area contributed by atoms with Crippen LogP contribution in [0.4, 0.5) is 30.7 Å². The Bertz CT molecular complexity index is 236. The van der Waals surface area contributed by atoms with Crippen LogP contribution in [0.3, 0.4) is 0 Å². The third-order valence-corrected chi connectivity index (χ3v) is 1.48. The molecule has 0 aromatic heterocycles. The molecule has 0 fully saturated rings. The van der Waals surface area contributed by atoms with Gasteiger partial charge in [0.2, 0.25) is 5.85 Å². The molecule has 0 rings (SSSR count). The molecule has 0 N–H and O–H groups in total. The highest BCUT2D eigenvalue weighted by molar-refractivity contribution is 4.88. The molecular weight excluding hydrogens is 261 g/mol. The second kappa shape index (κ2) is 4.60. The lowest BCUT2D eigenvalue weighted by Gasteiger charge is -2.38. The van der Waals surface area contributed by atoms with Crippen molar-refractivity contribution in [1.29, 1.82) is 0 Å². The van der Waals surface area contributed by atoms with Crippen LogP contribution in [0.1, 0.15) is 20.8 Å². The van der Waals surface area contributed by atoms with E-state index in [1.54, 1.807) is 0 Å². The first-order valence-corrected chi connectivity index (χ1v) is 4.43. The molecule has 0 aromatic rings. The van der Waals surface area contributed by atoms with Gasteiger partial charge < -0.3 is 4.74 Å². The van der Waals surface area contributed by atoms with Gasteiger partial charge in [-0.25, -0.2) is 4.39 Å². The summed E-state index contributed by atoms with van der Waals surface area (Å²) in [5, 5.41) is 0. The molecule has 0 radical (unpaired) electrons. The summed E-state index contributed by atoms with van der Waals surface area (Å²) in [5.41, 5.74) is 0. The van der Waals surface area contributed by atoms with E-state index in [-0.39, 0.29) is 0 Å². The monoisotopic (exact) mass is 272 g/mol. The molecule has 0 unspecified atom stereocenters. The van der Waals surface area contributed by atoms with Crippen molar-refractivity contribution in [3.8, 4) is 0 Å². The van der Waals surface area contributed by atoms with Gasteiger partial charge in [-0.05, 0) is 20.8 Å². The van der Waals surface area contributed by atoms with Gasteiger partial charge in [0.05, 0.1) is 0 Å². The average Bonchev–Trinajstić information content (AvgIpc) is 1.96. The van der Waals surface area contributed by atoms with Crippen LogP contribution < -0.4 is 0 Å². The topological polar surface area (TPSA) is 18.5 Å². The Labute approximate surface area is 92.7 Å². The van der Waals surface area contributed by atoms with E-state index in [9.17, 15) is 30.7 Å². The van der Waals surface area contributed by atoms with Crippen LogP contribution in [0.2, 0.25) is 0 Å². The molecule has 0 saturated heterocycles. The molecule has 0 heterocycles. The van der Waals surface area contributed by atoms with Gasteiger partial charge in [-0.1, -0.05) is 0 Å². The van der Waals surface area contributed by atoms with Crippen LogP contribution in [-0.2, 0) is 9.47 Å². The maximum Gasteiger partial charge on any atom is 0.453 e. The van der Waals surface area contributed by atoms with Crippen LogP contribution in [0.5, 0.6) is 0 Å². The highest BCUT2D eigenvalue weighted by Gasteiger charge is 2.76. The molecule has 0 aliphatic heterocycles. The van der Waals surface area contributed by atoms with E-state index in [1.165, 1.54) is 0 Å².